The summed E-state index contributed by atoms with van der Waals surface area (Å²) >= 11 is 3.75. The molecule has 0 spiro atoms. The van der Waals surface area contributed by atoms with Crippen LogP contribution in [0.4, 0.5) is 0 Å². The molecule has 122 valence electrons. The molecule has 1 heterocycles. The van der Waals surface area contributed by atoms with Gasteiger partial charge in [-0.1, -0.05) is 34.6 Å². The predicted molar refractivity (Wildman–Crippen MR) is 94.8 cm³/mol. The van der Waals surface area contributed by atoms with Crippen molar-refractivity contribution in [3.8, 4) is 0 Å². The molecule has 0 amide bonds. The van der Waals surface area contributed by atoms with Crippen LogP contribution in [-0.2, 0) is 19.4 Å². The van der Waals surface area contributed by atoms with Crippen LogP contribution in [0.5, 0.6) is 0 Å². The van der Waals surface area contributed by atoms with Crippen LogP contribution in [0, 0.1) is 5.41 Å². The molecule has 0 aliphatic heterocycles. The first-order valence-electron chi connectivity index (χ1n) is 8.32. The van der Waals surface area contributed by atoms with E-state index in [9.17, 15) is 0 Å². The van der Waals surface area contributed by atoms with Crippen molar-refractivity contribution in [2.24, 2.45) is 5.41 Å². The third kappa shape index (κ3) is 5.10. The maximum Gasteiger partial charge on any atom is 0.0766 e. The Hall–Kier alpha value is -0.350. The van der Waals surface area contributed by atoms with Crippen molar-refractivity contribution < 1.29 is 0 Å². The molecule has 0 radical (unpaired) electrons. The van der Waals surface area contributed by atoms with Crippen molar-refractivity contribution in [2.75, 3.05) is 6.54 Å². The van der Waals surface area contributed by atoms with E-state index in [1.807, 2.05) is 0 Å². The Kier molecular flexibility index (Phi) is 7.41. The number of hydrogen-bond acceptors (Lipinski definition) is 2. The fraction of sp³-hybridized carbons (Fsp3) is 0.824. The van der Waals surface area contributed by atoms with Crippen molar-refractivity contribution in [2.45, 2.75) is 79.8 Å². The monoisotopic (exact) mass is 357 g/mol. The number of hydrogen-bond donors (Lipinski definition) is 1. The summed E-state index contributed by atoms with van der Waals surface area (Å²) in [5.74, 6) is 0. The Morgan fingerprint density at radius 3 is 2.38 bits per heavy atom. The summed E-state index contributed by atoms with van der Waals surface area (Å²) in [6.45, 7) is 15.6. The van der Waals surface area contributed by atoms with Crippen LogP contribution >= 0.6 is 15.9 Å². The molecule has 1 rings (SSSR count). The van der Waals surface area contributed by atoms with E-state index < -0.39 is 0 Å². The van der Waals surface area contributed by atoms with Crippen LogP contribution in [0.1, 0.15) is 65.8 Å². The van der Waals surface area contributed by atoms with E-state index in [1.165, 1.54) is 22.3 Å². The smallest absolute Gasteiger partial charge is 0.0766 e. The van der Waals surface area contributed by atoms with Gasteiger partial charge in [0.1, 0.15) is 0 Å². The van der Waals surface area contributed by atoms with E-state index in [1.54, 1.807) is 0 Å². The maximum absolute atomic E-state index is 4.70. The fourth-order valence-corrected chi connectivity index (χ4v) is 3.46. The van der Waals surface area contributed by atoms with Gasteiger partial charge >= 0.3 is 0 Å². The predicted octanol–water partition coefficient (Wildman–Crippen LogP) is 4.57. The van der Waals surface area contributed by atoms with E-state index in [2.05, 4.69) is 67.5 Å². The molecule has 0 fully saturated rings. The summed E-state index contributed by atoms with van der Waals surface area (Å²) in [6, 6.07) is 0.537. The molecule has 0 aromatic carbocycles. The number of halogens is 1. The van der Waals surface area contributed by atoms with Crippen molar-refractivity contribution in [1.82, 2.24) is 15.1 Å². The minimum atomic E-state index is 0.284. The van der Waals surface area contributed by atoms with E-state index >= 15 is 0 Å². The van der Waals surface area contributed by atoms with Crippen LogP contribution in [0.2, 0.25) is 0 Å². The second-order valence-electron chi connectivity index (χ2n) is 6.79. The largest absolute Gasteiger partial charge is 0.313 e. The van der Waals surface area contributed by atoms with E-state index in [4.69, 9.17) is 5.10 Å². The summed E-state index contributed by atoms with van der Waals surface area (Å²) in [7, 11) is 0. The van der Waals surface area contributed by atoms with E-state index in [-0.39, 0.29) is 5.41 Å². The topological polar surface area (TPSA) is 29.9 Å². The van der Waals surface area contributed by atoms with Crippen molar-refractivity contribution in [3.63, 3.8) is 0 Å². The van der Waals surface area contributed by atoms with Gasteiger partial charge in [-0.05, 0) is 60.5 Å². The highest BCUT2D eigenvalue weighted by atomic mass is 79.9. The molecule has 1 aromatic rings. The van der Waals surface area contributed by atoms with Gasteiger partial charge < -0.3 is 5.32 Å². The molecule has 0 saturated carbocycles. The first-order chi connectivity index (χ1) is 9.85. The molecule has 1 aromatic heterocycles. The molecule has 0 aliphatic carbocycles. The highest BCUT2D eigenvalue weighted by molar-refractivity contribution is 9.10. The molecule has 0 aliphatic rings. The molecule has 0 saturated heterocycles. The Bertz CT molecular complexity index is 432. The minimum Gasteiger partial charge on any atom is -0.313 e. The first-order valence-corrected chi connectivity index (χ1v) is 9.11. The summed E-state index contributed by atoms with van der Waals surface area (Å²) in [6.07, 6.45) is 4.39. The number of aromatic nitrogens is 2. The maximum atomic E-state index is 4.70. The van der Waals surface area contributed by atoms with Crippen LogP contribution in [-0.4, -0.2) is 22.4 Å². The molecule has 3 nitrogen and oxygen atoms in total. The number of rotatable bonds is 8. The summed E-state index contributed by atoms with van der Waals surface area (Å²) in [5, 5.41) is 8.41. The Labute approximate surface area is 139 Å². The second kappa shape index (κ2) is 8.33. The van der Waals surface area contributed by atoms with Crippen LogP contribution in [0.25, 0.3) is 0 Å². The van der Waals surface area contributed by atoms with Gasteiger partial charge in [0, 0.05) is 12.6 Å². The second-order valence-corrected chi connectivity index (χ2v) is 7.58. The molecular formula is C17H32BrN3. The van der Waals surface area contributed by atoms with Gasteiger partial charge in [-0.15, -0.1) is 0 Å². The summed E-state index contributed by atoms with van der Waals surface area (Å²) < 4.78 is 3.37. The molecule has 4 heteroatoms. The average molecular weight is 358 g/mol. The molecule has 21 heavy (non-hydrogen) atoms. The van der Waals surface area contributed by atoms with Crippen molar-refractivity contribution in [1.29, 1.82) is 0 Å². The SMILES string of the molecule is CCCNC(CCc1c(Br)c(CC)nn1CC)C(C)(C)C. The van der Waals surface area contributed by atoms with Crippen LogP contribution < -0.4 is 5.32 Å². The zero-order valence-corrected chi connectivity index (χ0v) is 16.2. The van der Waals surface area contributed by atoms with E-state index in [0.717, 1.165) is 32.4 Å². The molecule has 1 atom stereocenters. The van der Waals surface area contributed by atoms with Crippen LogP contribution in [0.15, 0.2) is 4.47 Å². The minimum absolute atomic E-state index is 0.284. The van der Waals surface area contributed by atoms with Gasteiger partial charge in [-0.3, -0.25) is 4.68 Å². The Morgan fingerprint density at radius 1 is 1.24 bits per heavy atom. The van der Waals surface area contributed by atoms with Crippen molar-refractivity contribution >= 4 is 15.9 Å². The normalized spacial score (nSPS) is 13.7. The standard InChI is InChI=1S/C17H32BrN3/c1-7-12-19-15(17(4,5)6)11-10-14-16(18)13(8-2)20-21(14)9-3/h15,19H,7-12H2,1-6H3. The highest BCUT2D eigenvalue weighted by Gasteiger charge is 2.25. The van der Waals surface area contributed by atoms with Gasteiger partial charge in [0.15, 0.2) is 0 Å². The molecule has 1 N–H and O–H groups in total. The zero-order chi connectivity index (χ0) is 16.0. The molecule has 1 unspecified atom stereocenters. The van der Waals surface area contributed by atoms with Gasteiger partial charge in [-0.2, -0.15) is 5.10 Å². The average Bonchev–Trinajstić information content (AvgIpc) is 2.73. The van der Waals surface area contributed by atoms with Crippen LogP contribution in [0.3, 0.4) is 0 Å². The quantitative estimate of drug-likeness (QED) is 0.737. The fourth-order valence-electron chi connectivity index (χ4n) is 2.70. The third-order valence-corrected chi connectivity index (χ3v) is 4.97. The lowest BCUT2D eigenvalue weighted by Gasteiger charge is -2.32. The number of aryl methyl sites for hydroxylation is 2. The van der Waals surface area contributed by atoms with Crippen molar-refractivity contribution in [3.05, 3.63) is 15.9 Å². The first kappa shape index (κ1) is 18.7. The Balaban J connectivity index is 2.82. The molecule has 0 bridgehead atoms. The van der Waals surface area contributed by atoms with Gasteiger partial charge in [0.2, 0.25) is 0 Å². The lowest BCUT2D eigenvalue weighted by Crippen LogP contribution is -2.41. The summed E-state index contributed by atoms with van der Waals surface area (Å²) in [5.41, 5.74) is 2.81. The third-order valence-electron chi connectivity index (χ3n) is 4.05. The van der Waals surface area contributed by atoms with Gasteiger partial charge in [-0.25, -0.2) is 0 Å². The lowest BCUT2D eigenvalue weighted by molar-refractivity contribution is 0.254. The number of nitrogens with one attached hydrogen (secondary N) is 1. The number of nitrogens with zero attached hydrogens (tertiary/aromatic N) is 2. The highest BCUT2D eigenvalue weighted by Crippen LogP contribution is 2.27. The summed E-state index contributed by atoms with van der Waals surface area (Å²) in [4.78, 5) is 0. The van der Waals surface area contributed by atoms with Gasteiger partial charge in [0.25, 0.3) is 0 Å². The Morgan fingerprint density at radius 2 is 1.90 bits per heavy atom. The molecular weight excluding hydrogens is 326 g/mol. The zero-order valence-electron chi connectivity index (χ0n) is 14.6. The lowest BCUT2D eigenvalue weighted by atomic mass is 9.83. The van der Waals surface area contributed by atoms with Gasteiger partial charge in [0.05, 0.1) is 15.9 Å². The van der Waals surface area contributed by atoms with E-state index in [0.29, 0.717) is 6.04 Å².